The van der Waals surface area contributed by atoms with E-state index in [2.05, 4.69) is 0 Å². The van der Waals surface area contributed by atoms with Gasteiger partial charge in [0.05, 0.1) is 10.6 Å². The summed E-state index contributed by atoms with van der Waals surface area (Å²) in [5, 5.41) is 9.59. The normalized spacial score (nSPS) is 18.6. The maximum Gasteiger partial charge on any atom is 0.303 e. The van der Waals surface area contributed by atoms with Gasteiger partial charge in [0.2, 0.25) is 0 Å². The largest absolute Gasteiger partial charge is 0.481 e. The number of carboxylic acids is 1. The van der Waals surface area contributed by atoms with Gasteiger partial charge in [-0.3, -0.25) is 9.59 Å². The van der Waals surface area contributed by atoms with E-state index in [1.54, 1.807) is 23.1 Å². The van der Waals surface area contributed by atoms with Crippen molar-refractivity contribution in [3.8, 4) is 0 Å². The SMILES string of the molecule is O=C(O)CCC1CCCN(C(=O)c2ccc(Cl)cc2Cl)C1. The van der Waals surface area contributed by atoms with Crippen LogP contribution in [-0.4, -0.2) is 35.0 Å². The van der Waals surface area contributed by atoms with Crippen molar-refractivity contribution in [1.29, 1.82) is 0 Å². The van der Waals surface area contributed by atoms with Crippen molar-refractivity contribution >= 4 is 35.1 Å². The van der Waals surface area contributed by atoms with Gasteiger partial charge in [0.15, 0.2) is 0 Å². The number of halogens is 2. The van der Waals surface area contributed by atoms with Crippen LogP contribution >= 0.6 is 23.2 Å². The molecule has 6 heteroatoms. The van der Waals surface area contributed by atoms with E-state index in [0.29, 0.717) is 35.1 Å². The Morgan fingerprint density at radius 3 is 2.76 bits per heavy atom. The molecule has 1 atom stereocenters. The summed E-state index contributed by atoms with van der Waals surface area (Å²) < 4.78 is 0. The van der Waals surface area contributed by atoms with E-state index in [4.69, 9.17) is 28.3 Å². The molecule has 1 aliphatic heterocycles. The van der Waals surface area contributed by atoms with Crippen LogP contribution in [0.1, 0.15) is 36.0 Å². The van der Waals surface area contributed by atoms with Crippen LogP contribution in [0.25, 0.3) is 0 Å². The fourth-order valence-electron chi connectivity index (χ4n) is 2.65. The van der Waals surface area contributed by atoms with Gasteiger partial charge in [-0.15, -0.1) is 0 Å². The first-order chi connectivity index (χ1) is 9.97. The van der Waals surface area contributed by atoms with Crippen molar-refractivity contribution in [2.24, 2.45) is 5.92 Å². The molecule has 0 spiro atoms. The predicted octanol–water partition coefficient (Wildman–Crippen LogP) is 3.71. The number of benzene rings is 1. The predicted molar refractivity (Wildman–Crippen MR) is 82.0 cm³/mol. The van der Waals surface area contributed by atoms with Crippen molar-refractivity contribution in [2.75, 3.05) is 13.1 Å². The van der Waals surface area contributed by atoms with Gasteiger partial charge < -0.3 is 10.0 Å². The fourth-order valence-corrected chi connectivity index (χ4v) is 3.14. The van der Waals surface area contributed by atoms with Crippen molar-refractivity contribution in [1.82, 2.24) is 4.90 Å². The highest BCUT2D eigenvalue weighted by atomic mass is 35.5. The molecule has 0 aliphatic carbocycles. The van der Waals surface area contributed by atoms with Crippen molar-refractivity contribution in [3.63, 3.8) is 0 Å². The minimum atomic E-state index is -0.792. The first kappa shape index (κ1) is 16.1. The molecule has 114 valence electrons. The number of rotatable bonds is 4. The molecule has 0 aromatic heterocycles. The van der Waals surface area contributed by atoms with E-state index in [9.17, 15) is 9.59 Å². The molecule has 1 aromatic rings. The summed E-state index contributed by atoms with van der Waals surface area (Å²) in [6.45, 7) is 1.27. The third kappa shape index (κ3) is 4.35. The molecule has 4 nitrogen and oxygen atoms in total. The van der Waals surface area contributed by atoms with E-state index in [1.807, 2.05) is 0 Å². The first-order valence-corrected chi connectivity index (χ1v) is 7.69. The maximum absolute atomic E-state index is 12.5. The second kappa shape index (κ2) is 7.14. The lowest BCUT2D eigenvalue weighted by molar-refractivity contribution is -0.137. The lowest BCUT2D eigenvalue weighted by Crippen LogP contribution is -2.40. The lowest BCUT2D eigenvalue weighted by atomic mass is 9.93. The molecule has 1 saturated heterocycles. The van der Waals surface area contributed by atoms with Gasteiger partial charge in [0.25, 0.3) is 5.91 Å². The summed E-state index contributed by atoms with van der Waals surface area (Å²) in [4.78, 5) is 24.9. The zero-order chi connectivity index (χ0) is 15.4. The Hall–Kier alpha value is -1.26. The van der Waals surface area contributed by atoms with Crippen LogP contribution in [0.5, 0.6) is 0 Å². The summed E-state index contributed by atoms with van der Waals surface area (Å²) in [5.74, 6) is -0.666. The van der Waals surface area contributed by atoms with Gasteiger partial charge in [0, 0.05) is 24.5 Å². The average molecular weight is 330 g/mol. The Balaban J connectivity index is 2.03. The Bertz CT molecular complexity index is 548. The molecule has 2 rings (SSSR count). The zero-order valence-corrected chi connectivity index (χ0v) is 13.0. The van der Waals surface area contributed by atoms with E-state index in [0.717, 1.165) is 12.8 Å². The molecule has 1 aromatic carbocycles. The van der Waals surface area contributed by atoms with Crippen LogP contribution in [0, 0.1) is 5.92 Å². The highest BCUT2D eigenvalue weighted by Crippen LogP contribution is 2.26. The summed E-state index contributed by atoms with van der Waals surface area (Å²) in [5.41, 5.74) is 0.444. The first-order valence-electron chi connectivity index (χ1n) is 6.93. The van der Waals surface area contributed by atoms with Gasteiger partial charge in [-0.25, -0.2) is 0 Å². The van der Waals surface area contributed by atoms with Crippen LogP contribution < -0.4 is 0 Å². The van der Waals surface area contributed by atoms with Crippen LogP contribution in [0.15, 0.2) is 18.2 Å². The van der Waals surface area contributed by atoms with Crippen LogP contribution in [0.3, 0.4) is 0 Å². The molecule has 21 heavy (non-hydrogen) atoms. The van der Waals surface area contributed by atoms with E-state index >= 15 is 0 Å². The summed E-state index contributed by atoms with van der Waals surface area (Å²) >= 11 is 11.9. The van der Waals surface area contributed by atoms with Gasteiger partial charge >= 0.3 is 5.97 Å². The number of aliphatic carboxylic acids is 1. The minimum absolute atomic E-state index is 0.114. The van der Waals surface area contributed by atoms with E-state index < -0.39 is 5.97 Å². The molecule has 0 radical (unpaired) electrons. The second-order valence-corrected chi connectivity index (χ2v) is 6.16. The van der Waals surface area contributed by atoms with Crippen molar-refractivity contribution in [2.45, 2.75) is 25.7 Å². The van der Waals surface area contributed by atoms with Crippen LogP contribution in [-0.2, 0) is 4.79 Å². The number of piperidine rings is 1. The van der Waals surface area contributed by atoms with Crippen molar-refractivity contribution < 1.29 is 14.7 Å². The standard InChI is InChI=1S/C15H17Cl2NO3/c16-11-4-5-12(13(17)8-11)15(21)18-7-1-2-10(9-18)3-6-14(19)20/h4-5,8,10H,1-3,6-7,9H2,(H,19,20). The van der Waals surface area contributed by atoms with Crippen molar-refractivity contribution in [3.05, 3.63) is 33.8 Å². The minimum Gasteiger partial charge on any atom is -0.481 e. The number of likely N-dealkylation sites (tertiary alicyclic amines) is 1. The van der Waals surface area contributed by atoms with Gasteiger partial charge in [-0.05, 0) is 43.4 Å². The van der Waals surface area contributed by atoms with Crippen LogP contribution in [0.4, 0.5) is 0 Å². The number of amides is 1. The number of carbonyl (C=O) groups excluding carboxylic acids is 1. The Kier molecular flexibility index (Phi) is 5.48. The molecule has 1 amide bonds. The van der Waals surface area contributed by atoms with Gasteiger partial charge in [0.1, 0.15) is 0 Å². The molecule has 0 saturated carbocycles. The highest BCUT2D eigenvalue weighted by Gasteiger charge is 2.25. The average Bonchev–Trinajstić information content (AvgIpc) is 2.45. The number of carbonyl (C=O) groups is 2. The summed E-state index contributed by atoms with van der Waals surface area (Å²) in [7, 11) is 0. The topological polar surface area (TPSA) is 57.6 Å². The quantitative estimate of drug-likeness (QED) is 0.915. The maximum atomic E-state index is 12.5. The van der Waals surface area contributed by atoms with Crippen LogP contribution in [0.2, 0.25) is 10.0 Å². The molecule has 1 aliphatic rings. The molecular formula is C15H17Cl2NO3. The molecule has 0 bridgehead atoms. The number of hydrogen-bond donors (Lipinski definition) is 1. The fraction of sp³-hybridized carbons (Fsp3) is 0.467. The summed E-state index contributed by atoms with van der Waals surface area (Å²) in [6, 6.07) is 4.84. The third-order valence-electron chi connectivity index (χ3n) is 3.73. The second-order valence-electron chi connectivity index (χ2n) is 5.32. The smallest absolute Gasteiger partial charge is 0.303 e. The number of nitrogens with zero attached hydrogens (tertiary/aromatic N) is 1. The lowest BCUT2D eigenvalue weighted by Gasteiger charge is -2.33. The Morgan fingerprint density at radius 1 is 1.33 bits per heavy atom. The Morgan fingerprint density at radius 2 is 2.10 bits per heavy atom. The highest BCUT2D eigenvalue weighted by molar-refractivity contribution is 6.36. The number of hydrogen-bond acceptors (Lipinski definition) is 2. The van der Waals surface area contributed by atoms with E-state index in [-0.39, 0.29) is 18.2 Å². The van der Waals surface area contributed by atoms with Gasteiger partial charge in [-0.2, -0.15) is 0 Å². The van der Waals surface area contributed by atoms with E-state index in [1.165, 1.54) is 0 Å². The molecule has 1 heterocycles. The number of carboxylic acid groups (broad SMARTS) is 1. The molecule has 1 N–H and O–H groups in total. The molecular weight excluding hydrogens is 313 g/mol. The summed E-state index contributed by atoms with van der Waals surface area (Å²) in [6.07, 6.45) is 2.61. The monoisotopic (exact) mass is 329 g/mol. The zero-order valence-electron chi connectivity index (χ0n) is 11.5. The third-order valence-corrected chi connectivity index (χ3v) is 4.28. The molecule has 1 fully saturated rings. The Labute approximate surface area is 133 Å². The molecule has 1 unspecified atom stereocenters. The van der Waals surface area contributed by atoms with Gasteiger partial charge in [-0.1, -0.05) is 23.2 Å².